The number of hydrogen-bond donors (Lipinski definition) is 1. The van der Waals surface area contributed by atoms with Crippen LogP contribution in [0.2, 0.25) is 0 Å². The number of nitrogens with one attached hydrogen (secondary N) is 1. The molecule has 0 radical (unpaired) electrons. The molecule has 1 aromatic rings. The van der Waals surface area contributed by atoms with E-state index in [2.05, 4.69) is 15.2 Å². The Kier molecular flexibility index (Phi) is 8.38. The van der Waals surface area contributed by atoms with Gasteiger partial charge >= 0.3 is 0 Å². The second-order valence-electron chi connectivity index (χ2n) is 4.72. The molecule has 6 nitrogen and oxygen atoms in total. The number of amides is 1. The molecule has 0 aliphatic heterocycles. The third-order valence-electron chi connectivity index (χ3n) is 2.97. The predicted octanol–water partition coefficient (Wildman–Crippen LogP) is 1.18. The lowest BCUT2D eigenvalue weighted by molar-refractivity contribution is 0.0950. The highest BCUT2D eigenvalue weighted by Crippen LogP contribution is 2.07. The average Bonchev–Trinajstić information content (AvgIpc) is 2.50. The average molecular weight is 295 g/mol. The Balaban J connectivity index is 2.24. The Hall–Kier alpha value is -1.66. The molecule has 0 unspecified atom stereocenters. The number of carbonyl (C=O) groups excluding carboxylic acids is 1. The topological polar surface area (TPSA) is 63.7 Å². The Morgan fingerprint density at radius 1 is 1.38 bits per heavy atom. The summed E-state index contributed by atoms with van der Waals surface area (Å²) in [7, 11) is 3.73. The van der Waals surface area contributed by atoms with Crippen molar-refractivity contribution in [2.75, 3.05) is 47.0 Å². The van der Waals surface area contributed by atoms with E-state index in [0.29, 0.717) is 24.6 Å². The number of likely N-dealkylation sites (N-methyl/N-ethyl adjacent to an activating group) is 1. The van der Waals surface area contributed by atoms with Crippen LogP contribution < -0.4 is 10.1 Å². The van der Waals surface area contributed by atoms with Crippen molar-refractivity contribution in [1.29, 1.82) is 0 Å². The van der Waals surface area contributed by atoms with Gasteiger partial charge in [-0.2, -0.15) is 0 Å². The molecule has 6 heteroatoms. The highest BCUT2D eigenvalue weighted by Gasteiger charge is 2.06. The van der Waals surface area contributed by atoms with Crippen LogP contribution in [0.1, 0.15) is 23.7 Å². The first kappa shape index (κ1) is 17.4. The zero-order chi connectivity index (χ0) is 15.5. The van der Waals surface area contributed by atoms with E-state index in [1.54, 1.807) is 19.2 Å². The first-order valence-corrected chi connectivity index (χ1v) is 7.22. The van der Waals surface area contributed by atoms with Crippen molar-refractivity contribution >= 4 is 5.91 Å². The third kappa shape index (κ3) is 7.06. The lowest BCUT2D eigenvalue weighted by Crippen LogP contribution is -2.29. The van der Waals surface area contributed by atoms with Gasteiger partial charge in [-0.05, 0) is 33.0 Å². The Bertz CT molecular complexity index is 409. The van der Waals surface area contributed by atoms with Crippen molar-refractivity contribution in [3.8, 4) is 5.88 Å². The monoisotopic (exact) mass is 295 g/mol. The molecule has 1 rings (SSSR count). The Labute approximate surface area is 126 Å². The van der Waals surface area contributed by atoms with Gasteiger partial charge in [0, 0.05) is 32.5 Å². The zero-order valence-corrected chi connectivity index (χ0v) is 13.1. The minimum absolute atomic E-state index is 0.106. The molecule has 0 atom stereocenters. The summed E-state index contributed by atoms with van der Waals surface area (Å²) in [6, 6.07) is 3.43. The molecule has 0 saturated heterocycles. The van der Waals surface area contributed by atoms with Crippen LogP contribution in [-0.2, 0) is 4.74 Å². The van der Waals surface area contributed by atoms with Crippen LogP contribution in [0.4, 0.5) is 0 Å². The van der Waals surface area contributed by atoms with Gasteiger partial charge in [0.15, 0.2) is 0 Å². The van der Waals surface area contributed by atoms with E-state index in [1.165, 1.54) is 6.20 Å². The fourth-order valence-corrected chi connectivity index (χ4v) is 1.76. The molecule has 0 spiro atoms. The molecule has 0 aromatic carbocycles. The minimum Gasteiger partial charge on any atom is -0.478 e. The summed E-state index contributed by atoms with van der Waals surface area (Å²) in [6.07, 6.45) is 2.43. The molecule has 1 heterocycles. The SMILES string of the molecule is CCOc1ccc(C(=O)NCCCN(C)CCOC)cn1. The van der Waals surface area contributed by atoms with E-state index in [0.717, 1.165) is 26.1 Å². The lowest BCUT2D eigenvalue weighted by Gasteiger charge is -2.15. The van der Waals surface area contributed by atoms with Gasteiger partial charge in [-0.1, -0.05) is 0 Å². The van der Waals surface area contributed by atoms with Gasteiger partial charge < -0.3 is 19.7 Å². The van der Waals surface area contributed by atoms with Crippen LogP contribution in [-0.4, -0.2) is 62.8 Å². The van der Waals surface area contributed by atoms with Gasteiger partial charge in [-0.3, -0.25) is 4.79 Å². The molecule has 1 aromatic heterocycles. The summed E-state index contributed by atoms with van der Waals surface area (Å²) in [5, 5.41) is 2.88. The van der Waals surface area contributed by atoms with Gasteiger partial charge in [0.2, 0.25) is 5.88 Å². The molecular formula is C15H25N3O3. The van der Waals surface area contributed by atoms with E-state index in [-0.39, 0.29) is 5.91 Å². The van der Waals surface area contributed by atoms with Crippen molar-refractivity contribution in [3.63, 3.8) is 0 Å². The first-order chi connectivity index (χ1) is 10.2. The maximum Gasteiger partial charge on any atom is 0.252 e. The summed E-state index contributed by atoms with van der Waals surface area (Å²) in [6.45, 7) is 5.64. The van der Waals surface area contributed by atoms with Gasteiger partial charge in [-0.15, -0.1) is 0 Å². The van der Waals surface area contributed by atoms with E-state index in [4.69, 9.17) is 9.47 Å². The van der Waals surface area contributed by atoms with Crippen LogP contribution in [0, 0.1) is 0 Å². The van der Waals surface area contributed by atoms with Crippen molar-refractivity contribution in [1.82, 2.24) is 15.2 Å². The van der Waals surface area contributed by atoms with Crippen LogP contribution in [0.15, 0.2) is 18.3 Å². The molecule has 0 fully saturated rings. The number of rotatable bonds is 10. The van der Waals surface area contributed by atoms with E-state index < -0.39 is 0 Å². The molecule has 118 valence electrons. The third-order valence-corrected chi connectivity index (χ3v) is 2.97. The number of pyridine rings is 1. The smallest absolute Gasteiger partial charge is 0.252 e. The van der Waals surface area contributed by atoms with Crippen molar-refractivity contribution in [2.24, 2.45) is 0 Å². The van der Waals surface area contributed by atoms with Crippen LogP contribution in [0.3, 0.4) is 0 Å². The Morgan fingerprint density at radius 2 is 2.19 bits per heavy atom. The van der Waals surface area contributed by atoms with Gasteiger partial charge in [0.25, 0.3) is 5.91 Å². The number of ether oxygens (including phenoxy) is 2. The van der Waals surface area contributed by atoms with Gasteiger partial charge in [-0.25, -0.2) is 4.98 Å². The number of carbonyl (C=O) groups is 1. The van der Waals surface area contributed by atoms with Gasteiger partial charge in [0.1, 0.15) is 0 Å². The molecular weight excluding hydrogens is 270 g/mol. The molecule has 21 heavy (non-hydrogen) atoms. The zero-order valence-electron chi connectivity index (χ0n) is 13.1. The highest BCUT2D eigenvalue weighted by atomic mass is 16.5. The normalized spacial score (nSPS) is 10.7. The largest absolute Gasteiger partial charge is 0.478 e. The van der Waals surface area contributed by atoms with Crippen LogP contribution in [0.25, 0.3) is 0 Å². The van der Waals surface area contributed by atoms with Gasteiger partial charge in [0.05, 0.1) is 18.8 Å². The summed E-state index contributed by atoms with van der Waals surface area (Å²) in [5.41, 5.74) is 0.547. The van der Waals surface area contributed by atoms with Crippen LogP contribution in [0.5, 0.6) is 5.88 Å². The molecule has 1 amide bonds. The molecule has 0 aliphatic carbocycles. The maximum atomic E-state index is 11.9. The second kappa shape index (κ2) is 10.1. The van der Waals surface area contributed by atoms with Crippen LogP contribution >= 0.6 is 0 Å². The second-order valence-corrected chi connectivity index (χ2v) is 4.72. The number of hydrogen-bond acceptors (Lipinski definition) is 5. The van der Waals surface area contributed by atoms with Crippen molar-refractivity contribution in [2.45, 2.75) is 13.3 Å². The quantitative estimate of drug-likeness (QED) is 0.657. The summed E-state index contributed by atoms with van der Waals surface area (Å²) < 4.78 is 10.3. The fraction of sp³-hybridized carbons (Fsp3) is 0.600. The first-order valence-electron chi connectivity index (χ1n) is 7.22. The number of aromatic nitrogens is 1. The Morgan fingerprint density at radius 3 is 2.81 bits per heavy atom. The summed E-state index contributed by atoms with van der Waals surface area (Å²) in [4.78, 5) is 18.2. The number of methoxy groups -OCH3 is 1. The number of nitrogens with zero attached hydrogens (tertiary/aromatic N) is 2. The summed E-state index contributed by atoms with van der Waals surface area (Å²) >= 11 is 0. The lowest BCUT2D eigenvalue weighted by atomic mass is 10.2. The minimum atomic E-state index is -0.106. The van der Waals surface area contributed by atoms with Crippen molar-refractivity contribution in [3.05, 3.63) is 23.9 Å². The van der Waals surface area contributed by atoms with E-state index in [1.807, 2.05) is 14.0 Å². The highest BCUT2D eigenvalue weighted by molar-refractivity contribution is 5.93. The predicted molar refractivity (Wildman–Crippen MR) is 81.7 cm³/mol. The maximum absolute atomic E-state index is 11.9. The molecule has 1 N–H and O–H groups in total. The van der Waals surface area contributed by atoms with Crippen molar-refractivity contribution < 1.29 is 14.3 Å². The molecule has 0 aliphatic rings. The summed E-state index contributed by atoms with van der Waals surface area (Å²) in [5.74, 6) is 0.430. The fourth-order valence-electron chi connectivity index (χ4n) is 1.76. The standard InChI is InChI=1S/C15H25N3O3/c1-4-21-14-7-6-13(12-17-14)15(19)16-8-5-9-18(2)10-11-20-3/h6-7,12H,4-5,8-11H2,1-3H3,(H,16,19). The molecule has 0 saturated carbocycles. The van der Waals surface area contributed by atoms with E-state index >= 15 is 0 Å². The van der Waals surface area contributed by atoms with E-state index in [9.17, 15) is 4.79 Å². The molecule has 0 bridgehead atoms.